The molecule has 0 spiro atoms. The monoisotopic (exact) mass is 413 g/mol. The zero-order valence-corrected chi connectivity index (χ0v) is 15.2. The van der Waals surface area contributed by atoms with Crippen LogP contribution < -0.4 is 4.90 Å². The maximum atomic E-state index is 11.8. The first-order valence-electron chi connectivity index (χ1n) is 7.41. The number of esters is 1. The van der Waals surface area contributed by atoms with Crippen molar-refractivity contribution in [3.63, 3.8) is 0 Å². The van der Waals surface area contributed by atoms with Gasteiger partial charge in [0, 0.05) is 34.2 Å². The summed E-state index contributed by atoms with van der Waals surface area (Å²) >= 11 is 2.30. The quantitative estimate of drug-likeness (QED) is 0.620. The minimum absolute atomic E-state index is 0.106. The third-order valence-corrected chi connectivity index (χ3v) is 4.56. The first-order valence-corrected chi connectivity index (χ1v) is 8.49. The highest BCUT2D eigenvalue weighted by molar-refractivity contribution is 14.1. The highest BCUT2D eigenvalue weighted by Crippen LogP contribution is 2.30. The van der Waals surface area contributed by atoms with Crippen LogP contribution in [0.1, 0.15) is 27.2 Å². The molecule has 5 nitrogen and oxygen atoms in total. The SMILES string of the molecule is CC(C)(C)OC(=O)CC1CN(c2cnc3[nH]cc(I)c3c2)C1. The van der Waals surface area contributed by atoms with Crippen LogP contribution in [0.4, 0.5) is 5.69 Å². The Morgan fingerprint density at radius 2 is 2.23 bits per heavy atom. The number of nitrogens with one attached hydrogen (secondary N) is 1. The molecule has 3 rings (SSSR count). The van der Waals surface area contributed by atoms with E-state index in [0.29, 0.717) is 12.3 Å². The number of nitrogens with zero attached hydrogens (tertiary/aromatic N) is 2. The largest absolute Gasteiger partial charge is 0.460 e. The summed E-state index contributed by atoms with van der Waals surface area (Å²) < 4.78 is 6.55. The highest BCUT2D eigenvalue weighted by Gasteiger charge is 2.31. The molecule has 2 aromatic heterocycles. The number of pyridine rings is 1. The highest BCUT2D eigenvalue weighted by atomic mass is 127. The van der Waals surface area contributed by atoms with E-state index in [2.05, 4.69) is 43.5 Å². The van der Waals surface area contributed by atoms with E-state index in [9.17, 15) is 4.79 Å². The van der Waals surface area contributed by atoms with Crippen LogP contribution in [0.15, 0.2) is 18.5 Å². The Kier molecular flexibility index (Phi) is 4.05. The Balaban J connectivity index is 1.58. The fraction of sp³-hybridized carbons (Fsp3) is 0.500. The molecule has 118 valence electrons. The second-order valence-electron chi connectivity index (χ2n) is 6.79. The van der Waals surface area contributed by atoms with Gasteiger partial charge in [0.15, 0.2) is 0 Å². The fourth-order valence-electron chi connectivity index (χ4n) is 2.66. The number of ether oxygens (including phenoxy) is 1. The Labute approximate surface area is 143 Å². The average Bonchev–Trinajstić information content (AvgIpc) is 2.73. The van der Waals surface area contributed by atoms with Crippen molar-refractivity contribution in [3.05, 3.63) is 22.0 Å². The topological polar surface area (TPSA) is 58.2 Å². The molecule has 0 unspecified atom stereocenters. The molecule has 22 heavy (non-hydrogen) atoms. The van der Waals surface area contributed by atoms with E-state index >= 15 is 0 Å². The molecule has 0 atom stereocenters. The van der Waals surface area contributed by atoms with Gasteiger partial charge in [-0.25, -0.2) is 4.98 Å². The lowest BCUT2D eigenvalue weighted by atomic mass is 9.95. The molecular weight excluding hydrogens is 393 g/mol. The van der Waals surface area contributed by atoms with Crippen LogP contribution in [-0.4, -0.2) is 34.6 Å². The summed E-state index contributed by atoms with van der Waals surface area (Å²) in [7, 11) is 0. The molecule has 0 saturated carbocycles. The van der Waals surface area contributed by atoms with E-state index in [1.807, 2.05) is 33.2 Å². The van der Waals surface area contributed by atoms with Crippen LogP contribution in [0.3, 0.4) is 0 Å². The van der Waals surface area contributed by atoms with Crippen molar-refractivity contribution in [2.75, 3.05) is 18.0 Å². The van der Waals surface area contributed by atoms with Gasteiger partial charge in [-0.2, -0.15) is 0 Å². The van der Waals surface area contributed by atoms with Crippen LogP contribution in [-0.2, 0) is 9.53 Å². The zero-order chi connectivity index (χ0) is 15.9. The van der Waals surface area contributed by atoms with E-state index in [1.165, 1.54) is 3.57 Å². The van der Waals surface area contributed by atoms with Crippen molar-refractivity contribution in [1.82, 2.24) is 9.97 Å². The van der Waals surface area contributed by atoms with Gasteiger partial charge in [-0.15, -0.1) is 0 Å². The standard InChI is InChI=1S/C16H20IN3O2/c1-16(2,3)22-14(21)4-10-8-20(9-10)11-5-12-13(17)7-19-15(12)18-6-11/h5-7,10H,4,8-9H2,1-3H3,(H,18,19). The number of aromatic amines is 1. The number of hydrogen-bond acceptors (Lipinski definition) is 4. The van der Waals surface area contributed by atoms with Gasteiger partial charge in [0.05, 0.1) is 18.3 Å². The number of aromatic nitrogens is 2. The number of carbonyl (C=O) groups excluding carboxylic acids is 1. The summed E-state index contributed by atoms with van der Waals surface area (Å²) in [4.78, 5) is 21.7. The molecule has 0 bridgehead atoms. The number of fused-ring (bicyclic) bond motifs is 1. The van der Waals surface area contributed by atoms with Crippen molar-refractivity contribution in [2.45, 2.75) is 32.8 Å². The van der Waals surface area contributed by atoms with Crippen LogP contribution in [0.2, 0.25) is 0 Å². The van der Waals surface area contributed by atoms with Crippen LogP contribution in [0, 0.1) is 9.49 Å². The molecule has 1 saturated heterocycles. The van der Waals surface area contributed by atoms with Crippen LogP contribution >= 0.6 is 22.6 Å². The Hall–Kier alpha value is -1.31. The predicted molar refractivity (Wildman–Crippen MR) is 95.0 cm³/mol. The lowest BCUT2D eigenvalue weighted by molar-refractivity contribution is -0.156. The van der Waals surface area contributed by atoms with E-state index in [-0.39, 0.29) is 5.97 Å². The van der Waals surface area contributed by atoms with Gasteiger partial charge in [0.2, 0.25) is 0 Å². The predicted octanol–water partition coefficient (Wildman–Crippen LogP) is 3.34. The lowest BCUT2D eigenvalue weighted by Gasteiger charge is -2.40. The summed E-state index contributed by atoms with van der Waals surface area (Å²) in [6.45, 7) is 7.47. The maximum Gasteiger partial charge on any atom is 0.306 e. The molecule has 3 heterocycles. The van der Waals surface area contributed by atoms with Gasteiger partial charge in [-0.05, 0) is 49.4 Å². The van der Waals surface area contributed by atoms with E-state index in [0.717, 1.165) is 29.8 Å². The lowest BCUT2D eigenvalue weighted by Crippen LogP contribution is -2.48. The molecule has 0 aliphatic carbocycles. The minimum Gasteiger partial charge on any atom is -0.460 e. The van der Waals surface area contributed by atoms with Gasteiger partial charge in [0.1, 0.15) is 11.2 Å². The minimum atomic E-state index is -0.402. The van der Waals surface area contributed by atoms with Gasteiger partial charge >= 0.3 is 5.97 Å². The Morgan fingerprint density at radius 3 is 2.91 bits per heavy atom. The van der Waals surface area contributed by atoms with Crippen molar-refractivity contribution in [1.29, 1.82) is 0 Å². The summed E-state index contributed by atoms with van der Waals surface area (Å²) in [5.74, 6) is 0.266. The van der Waals surface area contributed by atoms with Crippen molar-refractivity contribution >= 4 is 45.3 Å². The smallest absolute Gasteiger partial charge is 0.306 e. The van der Waals surface area contributed by atoms with E-state index < -0.39 is 5.60 Å². The van der Waals surface area contributed by atoms with Gasteiger partial charge < -0.3 is 14.6 Å². The second kappa shape index (κ2) is 5.72. The Bertz CT molecular complexity index is 699. The summed E-state index contributed by atoms with van der Waals surface area (Å²) in [6.07, 6.45) is 4.34. The molecule has 0 aromatic carbocycles. The van der Waals surface area contributed by atoms with Crippen molar-refractivity contribution in [3.8, 4) is 0 Å². The second-order valence-corrected chi connectivity index (χ2v) is 7.95. The molecule has 2 aromatic rings. The molecule has 1 aliphatic heterocycles. The first kappa shape index (κ1) is 15.6. The normalized spacial score (nSPS) is 15.9. The first-order chi connectivity index (χ1) is 10.3. The molecule has 0 radical (unpaired) electrons. The fourth-order valence-corrected chi connectivity index (χ4v) is 3.23. The van der Waals surface area contributed by atoms with Crippen molar-refractivity contribution in [2.24, 2.45) is 5.92 Å². The van der Waals surface area contributed by atoms with Gasteiger partial charge in [-0.3, -0.25) is 4.79 Å². The summed E-state index contributed by atoms with van der Waals surface area (Å²) in [5.41, 5.74) is 1.63. The molecule has 1 N–H and O–H groups in total. The molecule has 1 fully saturated rings. The average molecular weight is 413 g/mol. The summed E-state index contributed by atoms with van der Waals surface area (Å²) in [6, 6.07) is 2.16. The Morgan fingerprint density at radius 1 is 1.50 bits per heavy atom. The van der Waals surface area contributed by atoms with Crippen LogP contribution in [0.25, 0.3) is 11.0 Å². The number of rotatable bonds is 3. The zero-order valence-electron chi connectivity index (χ0n) is 13.0. The third-order valence-electron chi connectivity index (χ3n) is 3.66. The van der Waals surface area contributed by atoms with E-state index in [4.69, 9.17) is 4.74 Å². The number of halogens is 1. The van der Waals surface area contributed by atoms with Gasteiger partial charge in [0.25, 0.3) is 0 Å². The van der Waals surface area contributed by atoms with E-state index in [1.54, 1.807) is 0 Å². The van der Waals surface area contributed by atoms with Crippen molar-refractivity contribution < 1.29 is 9.53 Å². The van der Waals surface area contributed by atoms with Crippen LogP contribution in [0.5, 0.6) is 0 Å². The summed E-state index contributed by atoms with van der Waals surface area (Å²) in [5, 5.41) is 1.15. The molecular formula is C16H20IN3O2. The molecule has 0 amide bonds. The molecule has 1 aliphatic rings. The third kappa shape index (κ3) is 3.37. The molecule has 6 heteroatoms. The number of hydrogen-bond donors (Lipinski definition) is 1. The number of carbonyl (C=O) groups is 1. The number of anilines is 1. The number of H-pyrrole nitrogens is 1. The maximum absolute atomic E-state index is 11.8. The van der Waals surface area contributed by atoms with Gasteiger partial charge in [-0.1, -0.05) is 0 Å².